The minimum Gasteiger partial charge on any atom is -0.481 e. The Morgan fingerprint density at radius 2 is 1.89 bits per heavy atom. The van der Waals surface area contributed by atoms with E-state index in [4.69, 9.17) is 10.2 Å². The predicted molar refractivity (Wildman–Crippen MR) is 70.2 cm³/mol. The maximum absolute atomic E-state index is 13.1. The number of carboxylic acid groups (broad SMARTS) is 2. The van der Waals surface area contributed by atoms with E-state index in [1.165, 1.54) is 17.8 Å². The van der Waals surface area contributed by atoms with Crippen LogP contribution < -0.4 is 0 Å². The Bertz CT molecular complexity index is 462. The Balaban J connectivity index is 2.35. The Morgan fingerprint density at radius 1 is 1.16 bits per heavy atom. The summed E-state index contributed by atoms with van der Waals surface area (Å²) in [5.74, 6) is -2.05. The van der Waals surface area contributed by atoms with Gasteiger partial charge in [0.2, 0.25) is 0 Å². The summed E-state index contributed by atoms with van der Waals surface area (Å²) in [4.78, 5) is 21.7. The third-order valence-electron chi connectivity index (χ3n) is 2.47. The summed E-state index contributed by atoms with van der Waals surface area (Å²) in [6.45, 7) is 0. The molecule has 1 aromatic carbocycles. The fourth-order valence-corrected chi connectivity index (χ4v) is 2.45. The van der Waals surface area contributed by atoms with Gasteiger partial charge in [-0.25, -0.2) is 9.18 Å². The van der Waals surface area contributed by atoms with Gasteiger partial charge in [0.15, 0.2) is 0 Å². The number of thioether (sulfide) groups is 1. The quantitative estimate of drug-likeness (QED) is 0.566. The highest BCUT2D eigenvalue weighted by Crippen LogP contribution is 2.22. The number of halogens is 1. The summed E-state index contributed by atoms with van der Waals surface area (Å²) in [6, 6.07) is 4.01. The van der Waals surface area contributed by atoms with E-state index in [0.717, 1.165) is 24.7 Å². The van der Waals surface area contributed by atoms with E-state index in [1.54, 1.807) is 6.07 Å². The molecule has 4 nitrogen and oxygen atoms in total. The van der Waals surface area contributed by atoms with Crippen molar-refractivity contribution in [3.8, 4) is 0 Å². The third kappa shape index (κ3) is 5.74. The Kier molecular flexibility index (Phi) is 6.35. The summed E-state index contributed by atoms with van der Waals surface area (Å²) in [5, 5.41) is 17.2. The van der Waals surface area contributed by atoms with Crippen molar-refractivity contribution in [3.05, 3.63) is 29.6 Å². The van der Waals surface area contributed by atoms with E-state index in [2.05, 4.69) is 0 Å². The lowest BCUT2D eigenvalue weighted by molar-refractivity contribution is -0.137. The number of carbonyl (C=O) groups is 2. The zero-order chi connectivity index (χ0) is 14.3. The summed E-state index contributed by atoms with van der Waals surface area (Å²) < 4.78 is 13.1. The van der Waals surface area contributed by atoms with Crippen LogP contribution in [0.3, 0.4) is 0 Å². The van der Waals surface area contributed by atoms with Gasteiger partial charge in [0, 0.05) is 11.3 Å². The van der Waals surface area contributed by atoms with Crippen LogP contribution in [-0.2, 0) is 4.79 Å². The molecule has 0 saturated carbocycles. The molecule has 0 atom stereocenters. The van der Waals surface area contributed by atoms with Crippen LogP contribution in [0.4, 0.5) is 4.39 Å². The molecule has 0 aromatic heterocycles. The lowest BCUT2D eigenvalue weighted by Gasteiger charge is -2.04. The first kappa shape index (κ1) is 15.5. The van der Waals surface area contributed by atoms with Crippen LogP contribution in [0.2, 0.25) is 0 Å². The van der Waals surface area contributed by atoms with Crippen molar-refractivity contribution >= 4 is 23.7 Å². The highest BCUT2D eigenvalue weighted by atomic mass is 32.2. The van der Waals surface area contributed by atoms with Crippen molar-refractivity contribution in [1.82, 2.24) is 0 Å². The van der Waals surface area contributed by atoms with Crippen molar-refractivity contribution in [3.63, 3.8) is 0 Å². The highest BCUT2D eigenvalue weighted by molar-refractivity contribution is 7.99. The molecule has 0 heterocycles. The van der Waals surface area contributed by atoms with Gasteiger partial charge in [-0.2, -0.15) is 0 Å². The largest absolute Gasteiger partial charge is 0.481 e. The average Bonchev–Trinajstić information content (AvgIpc) is 2.34. The normalized spacial score (nSPS) is 10.4. The number of carboxylic acids is 2. The van der Waals surface area contributed by atoms with E-state index in [9.17, 15) is 14.0 Å². The van der Waals surface area contributed by atoms with Crippen LogP contribution in [0.1, 0.15) is 36.0 Å². The van der Waals surface area contributed by atoms with E-state index in [1.807, 2.05) is 0 Å². The first-order chi connectivity index (χ1) is 9.00. The number of hydrogen-bond donors (Lipinski definition) is 2. The fourth-order valence-electron chi connectivity index (χ4n) is 1.50. The van der Waals surface area contributed by atoms with Gasteiger partial charge in [-0.1, -0.05) is 6.42 Å². The van der Waals surface area contributed by atoms with Crippen molar-refractivity contribution < 1.29 is 24.2 Å². The van der Waals surface area contributed by atoms with E-state index in [-0.39, 0.29) is 12.0 Å². The molecule has 0 aliphatic heterocycles. The maximum Gasteiger partial charge on any atom is 0.338 e. The van der Waals surface area contributed by atoms with Gasteiger partial charge < -0.3 is 10.2 Å². The summed E-state index contributed by atoms with van der Waals surface area (Å²) >= 11 is 1.44. The van der Waals surface area contributed by atoms with Gasteiger partial charge in [-0.05, 0) is 36.8 Å². The summed E-state index contributed by atoms with van der Waals surface area (Å²) in [6.07, 6.45) is 2.47. The Morgan fingerprint density at radius 3 is 2.53 bits per heavy atom. The maximum atomic E-state index is 13.1. The highest BCUT2D eigenvalue weighted by Gasteiger charge is 2.10. The van der Waals surface area contributed by atoms with Crippen LogP contribution in [0.15, 0.2) is 23.1 Å². The van der Waals surface area contributed by atoms with Gasteiger partial charge in [0.05, 0.1) is 5.56 Å². The van der Waals surface area contributed by atoms with Gasteiger partial charge in [0.25, 0.3) is 0 Å². The van der Waals surface area contributed by atoms with Gasteiger partial charge in [0.1, 0.15) is 5.82 Å². The standard InChI is InChI=1S/C13H15FO4S/c14-11-6-5-9(8-10(11)13(17)18)19-7-3-1-2-4-12(15)16/h5-6,8H,1-4,7H2,(H,15,16)(H,17,18). The zero-order valence-corrected chi connectivity index (χ0v) is 11.1. The van der Waals surface area contributed by atoms with Crippen molar-refractivity contribution in [2.75, 3.05) is 5.75 Å². The van der Waals surface area contributed by atoms with Gasteiger partial charge in [-0.15, -0.1) is 11.8 Å². The number of benzene rings is 1. The molecule has 0 saturated heterocycles. The monoisotopic (exact) mass is 286 g/mol. The second kappa shape index (κ2) is 7.78. The molecule has 6 heteroatoms. The third-order valence-corrected chi connectivity index (χ3v) is 3.55. The topological polar surface area (TPSA) is 74.6 Å². The average molecular weight is 286 g/mol. The number of aliphatic carboxylic acids is 1. The molecule has 0 bridgehead atoms. The molecule has 2 N–H and O–H groups in total. The smallest absolute Gasteiger partial charge is 0.338 e. The second-order valence-corrected chi connectivity index (χ2v) is 5.17. The number of unbranched alkanes of at least 4 members (excludes halogenated alkanes) is 2. The molecule has 0 aliphatic rings. The Hall–Kier alpha value is -1.56. The molecule has 0 unspecified atom stereocenters. The first-order valence-corrected chi connectivity index (χ1v) is 6.86. The molecule has 1 aromatic rings. The van der Waals surface area contributed by atoms with Gasteiger partial charge >= 0.3 is 11.9 Å². The van der Waals surface area contributed by atoms with Crippen molar-refractivity contribution in [1.29, 1.82) is 0 Å². The van der Waals surface area contributed by atoms with E-state index < -0.39 is 17.8 Å². The first-order valence-electron chi connectivity index (χ1n) is 5.88. The molecule has 19 heavy (non-hydrogen) atoms. The van der Waals surface area contributed by atoms with Crippen LogP contribution in [0, 0.1) is 5.82 Å². The molecule has 104 valence electrons. The second-order valence-electron chi connectivity index (χ2n) is 4.00. The minimum atomic E-state index is -1.28. The predicted octanol–water partition coefficient (Wildman–Crippen LogP) is 3.26. The van der Waals surface area contributed by atoms with Crippen molar-refractivity contribution in [2.24, 2.45) is 0 Å². The Labute approximate surface area is 114 Å². The molecular formula is C13H15FO4S. The van der Waals surface area contributed by atoms with Crippen LogP contribution in [0.25, 0.3) is 0 Å². The minimum absolute atomic E-state index is 0.171. The SMILES string of the molecule is O=C(O)CCCCCSc1ccc(F)c(C(=O)O)c1. The molecule has 0 fully saturated rings. The molecular weight excluding hydrogens is 271 g/mol. The van der Waals surface area contributed by atoms with E-state index in [0.29, 0.717) is 11.3 Å². The molecule has 0 aliphatic carbocycles. The molecule has 0 radical (unpaired) electrons. The summed E-state index contributed by atoms with van der Waals surface area (Å²) in [5.41, 5.74) is -0.323. The van der Waals surface area contributed by atoms with Crippen LogP contribution in [-0.4, -0.2) is 27.9 Å². The molecule has 0 spiro atoms. The lowest BCUT2D eigenvalue weighted by Crippen LogP contribution is -2.00. The number of aromatic carboxylic acids is 1. The van der Waals surface area contributed by atoms with Crippen molar-refractivity contribution in [2.45, 2.75) is 30.6 Å². The molecule has 1 rings (SSSR count). The number of rotatable bonds is 8. The number of hydrogen-bond acceptors (Lipinski definition) is 3. The zero-order valence-electron chi connectivity index (χ0n) is 10.3. The van der Waals surface area contributed by atoms with Gasteiger partial charge in [-0.3, -0.25) is 4.79 Å². The molecule has 0 amide bonds. The van der Waals surface area contributed by atoms with Crippen LogP contribution in [0.5, 0.6) is 0 Å². The summed E-state index contributed by atoms with van der Waals surface area (Å²) in [7, 11) is 0. The van der Waals surface area contributed by atoms with Crippen LogP contribution >= 0.6 is 11.8 Å². The fraction of sp³-hybridized carbons (Fsp3) is 0.385. The lowest BCUT2D eigenvalue weighted by atomic mass is 10.2. The van der Waals surface area contributed by atoms with E-state index >= 15 is 0 Å².